The van der Waals surface area contributed by atoms with Crippen molar-refractivity contribution in [3.05, 3.63) is 29.8 Å². The molecule has 0 aliphatic carbocycles. The second-order valence-electron chi connectivity index (χ2n) is 6.34. The highest BCUT2D eigenvalue weighted by molar-refractivity contribution is 5.80. The van der Waals surface area contributed by atoms with Gasteiger partial charge in [0, 0.05) is 51.8 Å². The Kier molecular flexibility index (Phi) is 8.29. The molecule has 8 heteroatoms. The van der Waals surface area contributed by atoms with Gasteiger partial charge in [0.2, 0.25) is 0 Å². The van der Waals surface area contributed by atoms with Crippen LogP contribution in [0.4, 0.5) is 14.5 Å². The number of esters is 1. The van der Waals surface area contributed by atoms with Crippen LogP contribution in [0.15, 0.2) is 23.2 Å². The summed E-state index contributed by atoms with van der Waals surface area (Å²) in [5, 5.41) is 3.27. The molecule has 1 aromatic rings. The quantitative estimate of drug-likeness (QED) is 0.340. The highest BCUT2D eigenvalue weighted by atomic mass is 19.1. The minimum Gasteiger partial charge on any atom is -0.469 e. The van der Waals surface area contributed by atoms with Gasteiger partial charge in [-0.15, -0.1) is 0 Å². The average molecular weight is 382 g/mol. The summed E-state index contributed by atoms with van der Waals surface area (Å²) in [4.78, 5) is 19.7. The van der Waals surface area contributed by atoms with E-state index in [2.05, 4.69) is 19.9 Å². The second-order valence-corrected chi connectivity index (χ2v) is 6.34. The van der Waals surface area contributed by atoms with E-state index < -0.39 is 11.6 Å². The van der Waals surface area contributed by atoms with E-state index in [9.17, 15) is 13.6 Å². The number of hydrogen-bond donors (Lipinski definition) is 1. The fourth-order valence-electron chi connectivity index (χ4n) is 2.98. The van der Waals surface area contributed by atoms with Gasteiger partial charge in [-0.1, -0.05) is 0 Å². The number of piperazine rings is 1. The maximum absolute atomic E-state index is 14.0. The Morgan fingerprint density at radius 2 is 1.96 bits per heavy atom. The Hall–Kier alpha value is -2.38. The van der Waals surface area contributed by atoms with Crippen molar-refractivity contribution in [2.24, 2.45) is 4.99 Å². The van der Waals surface area contributed by atoms with Gasteiger partial charge >= 0.3 is 5.97 Å². The van der Waals surface area contributed by atoms with Crippen LogP contribution in [-0.4, -0.2) is 63.2 Å². The second kappa shape index (κ2) is 10.7. The molecule has 0 aromatic heterocycles. The third kappa shape index (κ3) is 6.37. The Bertz CT molecular complexity index is 647. The molecule has 6 nitrogen and oxygen atoms in total. The number of carbonyl (C=O) groups excluding carboxylic acids is 1. The van der Waals surface area contributed by atoms with Crippen molar-refractivity contribution in [2.75, 3.05) is 51.3 Å². The number of nitrogens with one attached hydrogen (secondary N) is 1. The standard InChI is InChI=1S/C19H28F2N4O2/c1-3-22-19(23-9-5-4-6-18(26)27-2)25-12-10-24(11-13-25)17-14-15(20)7-8-16(17)21/h7-8,14H,3-6,9-13H2,1-2H3,(H,22,23). The molecule has 0 spiro atoms. The summed E-state index contributed by atoms with van der Waals surface area (Å²) in [6.07, 6.45) is 1.95. The van der Waals surface area contributed by atoms with Crippen LogP contribution >= 0.6 is 0 Å². The van der Waals surface area contributed by atoms with Gasteiger partial charge in [0.1, 0.15) is 11.6 Å². The maximum atomic E-state index is 14.0. The number of rotatable bonds is 7. The van der Waals surface area contributed by atoms with Crippen molar-refractivity contribution in [1.29, 1.82) is 0 Å². The lowest BCUT2D eigenvalue weighted by Gasteiger charge is -2.37. The van der Waals surface area contributed by atoms with Crippen molar-refractivity contribution in [1.82, 2.24) is 10.2 Å². The lowest BCUT2D eigenvalue weighted by atomic mass is 10.2. The number of hydrogen-bond acceptors (Lipinski definition) is 4. The number of guanidine groups is 1. The molecule has 0 bridgehead atoms. The number of aliphatic imine (C=N–C) groups is 1. The Morgan fingerprint density at radius 3 is 2.63 bits per heavy atom. The van der Waals surface area contributed by atoms with Crippen molar-refractivity contribution < 1.29 is 18.3 Å². The fourth-order valence-corrected chi connectivity index (χ4v) is 2.98. The molecule has 0 unspecified atom stereocenters. The molecular formula is C19H28F2N4O2. The summed E-state index contributed by atoms with van der Waals surface area (Å²) in [6.45, 7) is 5.90. The van der Waals surface area contributed by atoms with E-state index in [-0.39, 0.29) is 5.97 Å². The minimum absolute atomic E-state index is 0.202. The molecule has 1 fully saturated rings. The Morgan fingerprint density at radius 1 is 1.22 bits per heavy atom. The van der Waals surface area contributed by atoms with Crippen LogP contribution in [0.3, 0.4) is 0 Å². The van der Waals surface area contributed by atoms with Gasteiger partial charge < -0.3 is 19.9 Å². The zero-order valence-electron chi connectivity index (χ0n) is 16.0. The van der Waals surface area contributed by atoms with E-state index in [0.29, 0.717) is 44.8 Å². The molecule has 1 saturated heterocycles. The molecule has 1 aliphatic heterocycles. The van der Waals surface area contributed by atoms with Gasteiger partial charge in [0.05, 0.1) is 12.8 Å². The van der Waals surface area contributed by atoms with Gasteiger partial charge in [0.25, 0.3) is 0 Å². The summed E-state index contributed by atoms with van der Waals surface area (Å²) >= 11 is 0. The van der Waals surface area contributed by atoms with Crippen molar-refractivity contribution >= 4 is 17.6 Å². The number of halogens is 2. The molecule has 1 heterocycles. The molecular weight excluding hydrogens is 354 g/mol. The van der Waals surface area contributed by atoms with Crippen LogP contribution in [0.25, 0.3) is 0 Å². The lowest BCUT2D eigenvalue weighted by molar-refractivity contribution is -0.140. The maximum Gasteiger partial charge on any atom is 0.305 e. The summed E-state index contributed by atoms with van der Waals surface area (Å²) < 4.78 is 32.0. The monoisotopic (exact) mass is 382 g/mol. The van der Waals surface area contributed by atoms with Gasteiger partial charge in [-0.2, -0.15) is 0 Å². The molecule has 0 atom stereocenters. The number of carbonyl (C=O) groups is 1. The molecule has 2 rings (SSSR count). The molecule has 1 N–H and O–H groups in total. The molecule has 0 saturated carbocycles. The van der Waals surface area contributed by atoms with Crippen LogP contribution < -0.4 is 10.2 Å². The van der Waals surface area contributed by atoms with Crippen molar-refractivity contribution in [2.45, 2.75) is 26.2 Å². The molecule has 27 heavy (non-hydrogen) atoms. The highest BCUT2D eigenvalue weighted by Crippen LogP contribution is 2.21. The SMILES string of the molecule is CCNC(=NCCCCC(=O)OC)N1CCN(c2cc(F)ccc2F)CC1. The summed E-state index contributed by atoms with van der Waals surface area (Å²) in [5.41, 5.74) is 0.305. The van der Waals surface area contributed by atoms with Crippen LogP contribution in [0, 0.1) is 11.6 Å². The first kappa shape index (κ1) is 20.9. The van der Waals surface area contributed by atoms with E-state index in [1.165, 1.54) is 13.2 Å². The zero-order valence-corrected chi connectivity index (χ0v) is 16.0. The van der Waals surface area contributed by atoms with Gasteiger partial charge in [0.15, 0.2) is 5.96 Å². The number of nitrogens with zero attached hydrogens (tertiary/aromatic N) is 3. The Balaban J connectivity index is 1.87. The third-order valence-corrected chi connectivity index (χ3v) is 4.44. The smallest absolute Gasteiger partial charge is 0.305 e. The van der Waals surface area contributed by atoms with Crippen LogP contribution in [0.5, 0.6) is 0 Å². The predicted octanol–water partition coefficient (Wildman–Crippen LogP) is 2.40. The van der Waals surface area contributed by atoms with Gasteiger partial charge in [-0.05, 0) is 31.9 Å². The first-order chi connectivity index (χ1) is 13.0. The Labute approximate surface area is 159 Å². The number of unbranched alkanes of at least 4 members (excludes halogenated alkanes) is 1. The topological polar surface area (TPSA) is 57.2 Å². The molecule has 1 aromatic carbocycles. The third-order valence-electron chi connectivity index (χ3n) is 4.44. The van der Waals surface area contributed by atoms with Crippen LogP contribution in [-0.2, 0) is 9.53 Å². The normalized spacial score (nSPS) is 15.0. The number of ether oxygens (including phenoxy) is 1. The molecule has 150 valence electrons. The van der Waals surface area contributed by atoms with Crippen molar-refractivity contribution in [3.63, 3.8) is 0 Å². The summed E-state index contributed by atoms with van der Waals surface area (Å²) in [7, 11) is 1.39. The van der Waals surface area contributed by atoms with E-state index in [0.717, 1.165) is 37.5 Å². The number of anilines is 1. The first-order valence-corrected chi connectivity index (χ1v) is 9.35. The van der Waals surface area contributed by atoms with Gasteiger partial charge in [-0.25, -0.2) is 8.78 Å². The summed E-state index contributed by atoms with van der Waals surface area (Å²) in [6, 6.07) is 3.54. The average Bonchev–Trinajstić information content (AvgIpc) is 2.68. The van der Waals surface area contributed by atoms with E-state index in [1.807, 2.05) is 11.8 Å². The van der Waals surface area contributed by atoms with E-state index >= 15 is 0 Å². The molecule has 1 aliphatic rings. The summed E-state index contributed by atoms with van der Waals surface area (Å²) in [5.74, 6) is -0.228. The van der Waals surface area contributed by atoms with Crippen LogP contribution in [0.2, 0.25) is 0 Å². The first-order valence-electron chi connectivity index (χ1n) is 9.35. The molecule has 0 radical (unpaired) electrons. The van der Waals surface area contributed by atoms with Gasteiger partial charge in [-0.3, -0.25) is 9.79 Å². The lowest BCUT2D eigenvalue weighted by Crippen LogP contribution is -2.52. The number of benzene rings is 1. The highest BCUT2D eigenvalue weighted by Gasteiger charge is 2.22. The zero-order chi connectivity index (χ0) is 19.6. The fraction of sp³-hybridized carbons (Fsp3) is 0.579. The predicted molar refractivity (Wildman–Crippen MR) is 102 cm³/mol. The largest absolute Gasteiger partial charge is 0.469 e. The molecule has 0 amide bonds. The number of methoxy groups -OCH3 is 1. The van der Waals surface area contributed by atoms with E-state index in [1.54, 1.807) is 0 Å². The van der Waals surface area contributed by atoms with Crippen molar-refractivity contribution in [3.8, 4) is 0 Å². The van der Waals surface area contributed by atoms with Crippen LogP contribution in [0.1, 0.15) is 26.2 Å². The minimum atomic E-state index is -0.435. The van der Waals surface area contributed by atoms with E-state index in [4.69, 9.17) is 0 Å².